The highest BCUT2D eigenvalue weighted by Crippen LogP contribution is 2.28. The van der Waals surface area contributed by atoms with E-state index in [1.54, 1.807) is 18.2 Å². The number of methoxy groups -OCH3 is 1. The summed E-state index contributed by atoms with van der Waals surface area (Å²) in [5, 5.41) is 5.16. The molecule has 0 aliphatic carbocycles. The molecule has 0 heterocycles. The monoisotopic (exact) mass is 344 g/mol. The molecule has 2 N–H and O–H groups in total. The summed E-state index contributed by atoms with van der Waals surface area (Å²) < 4.78 is 18.9. The van der Waals surface area contributed by atoms with Crippen LogP contribution in [0.5, 0.6) is 5.75 Å². The Kier molecular flexibility index (Phi) is 5.41. The summed E-state index contributed by atoms with van der Waals surface area (Å²) in [4.78, 5) is 25.1. The molecule has 0 spiro atoms. The fourth-order valence-corrected chi connectivity index (χ4v) is 2.14. The Morgan fingerprint density at radius 2 is 1.60 bits per heavy atom. The summed E-state index contributed by atoms with van der Waals surface area (Å²) in [6, 6.07) is 11.1. The van der Waals surface area contributed by atoms with Crippen molar-refractivity contribution < 1.29 is 18.7 Å². The second-order valence-corrected chi connectivity index (χ2v) is 6.22. The summed E-state index contributed by atoms with van der Waals surface area (Å²) in [5.74, 6) is -1.20. The second-order valence-electron chi connectivity index (χ2n) is 6.22. The highest BCUT2D eigenvalue weighted by molar-refractivity contribution is 6.14. The predicted octanol–water partition coefficient (Wildman–Crippen LogP) is 3.75. The summed E-state index contributed by atoms with van der Waals surface area (Å²) >= 11 is 0. The van der Waals surface area contributed by atoms with Crippen LogP contribution in [0.25, 0.3) is 0 Å². The molecular formula is C19H21FN2O3. The van der Waals surface area contributed by atoms with Crippen molar-refractivity contribution in [1.82, 2.24) is 0 Å². The number of para-hydroxylation sites is 1. The normalized spacial score (nSPS) is 10.9. The zero-order valence-electron chi connectivity index (χ0n) is 14.6. The molecule has 0 bridgehead atoms. The van der Waals surface area contributed by atoms with Crippen LogP contribution in [0.3, 0.4) is 0 Å². The lowest BCUT2D eigenvalue weighted by molar-refractivity contribution is -0.135. The van der Waals surface area contributed by atoms with Crippen molar-refractivity contribution in [3.63, 3.8) is 0 Å². The number of hydrogen-bond donors (Lipinski definition) is 2. The van der Waals surface area contributed by atoms with Crippen LogP contribution >= 0.6 is 0 Å². The van der Waals surface area contributed by atoms with Gasteiger partial charge in [0.15, 0.2) is 0 Å². The van der Waals surface area contributed by atoms with E-state index in [0.29, 0.717) is 11.4 Å². The molecule has 0 unspecified atom stereocenters. The topological polar surface area (TPSA) is 67.4 Å². The molecule has 0 aromatic heterocycles. The van der Waals surface area contributed by atoms with E-state index in [9.17, 15) is 14.0 Å². The van der Waals surface area contributed by atoms with Gasteiger partial charge in [0.2, 0.25) is 11.8 Å². The fraction of sp³-hybridized carbons (Fsp3) is 0.263. The van der Waals surface area contributed by atoms with E-state index in [1.165, 1.54) is 39.2 Å². The Bertz CT molecular complexity index is 803. The number of rotatable bonds is 5. The Morgan fingerprint density at radius 1 is 1.00 bits per heavy atom. The van der Waals surface area contributed by atoms with E-state index < -0.39 is 23.0 Å². The zero-order valence-corrected chi connectivity index (χ0v) is 14.6. The molecule has 5 nitrogen and oxygen atoms in total. The maximum atomic E-state index is 13.7. The average molecular weight is 344 g/mol. The van der Waals surface area contributed by atoms with E-state index in [2.05, 4.69) is 10.6 Å². The van der Waals surface area contributed by atoms with Crippen LogP contribution in [0.4, 0.5) is 15.8 Å². The minimum atomic E-state index is -1.42. The first-order chi connectivity index (χ1) is 11.8. The van der Waals surface area contributed by atoms with Crippen LogP contribution in [-0.2, 0) is 9.59 Å². The number of anilines is 2. The number of amides is 2. The molecule has 6 heteroatoms. The van der Waals surface area contributed by atoms with Crippen molar-refractivity contribution >= 4 is 23.2 Å². The lowest BCUT2D eigenvalue weighted by Crippen LogP contribution is -2.41. The minimum absolute atomic E-state index is 0.0292. The molecular weight excluding hydrogens is 323 g/mol. The van der Waals surface area contributed by atoms with Gasteiger partial charge in [-0.15, -0.1) is 0 Å². The first-order valence-electron chi connectivity index (χ1n) is 7.77. The zero-order chi connectivity index (χ0) is 18.6. The molecule has 0 saturated heterocycles. The van der Waals surface area contributed by atoms with E-state index in [4.69, 9.17) is 4.74 Å². The maximum Gasteiger partial charge on any atom is 0.239 e. The van der Waals surface area contributed by atoms with Gasteiger partial charge in [0.25, 0.3) is 0 Å². The largest absolute Gasteiger partial charge is 0.495 e. The lowest BCUT2D eigenvalue weighted by atomic mass is 9.90. The Morgan fingerprint density at radius 3 is 2.20 bits per heavy atom. The highest BCUT2D eigenvalue weighted by atomic mass is 19.1. The summed E-state index contributed by atoms with van der Waals surface area (Å²) in [6.45, 7) is 4.83. The standard InChI is InChI=1S/C19H21FN2O3/c1-12-9-10-16(25-4)15(11-12)22-18(24)19(2,3)17(23)21-14-8-6-5-7-13(14)20/h5-11H,1-4H3,(H,21,23)(H,22,24). The predicted molar refractivity (Wildman–Crippen MR) is 95.2 cm³/mol. The molecule has 0 atom stereocenters. The first-order valence-corrected chi connectivity index (χ1v) is 7.77. The van der Waals surface area contributed by atoms with Gasteiger partial charge < -0.3 is 15.4 Å². The van der Waals surface area contributed by atoms with Crippen LogP contribution in [0, 0.1) is 18.2 Å². The lowest BCUT2D eigenvalue weighted by Gasteiger charge is -2.23. The number of benzene rings is 2. The number of hydrogen-bond acceptors (Lipinski definition) is 3. The van der Waals surface area contributed by atoms with Crippen molar-refractivity contribution in [2.24, 2.45) is 5.41 Å². The number of ether oxygens (including phenoxy) is 1. The molecule has 2 amide bonds. The van der Waals surface area contributed by atoms with Crippen LogP contribution < -0.4 is 15.4 Å². The molecule has 0 aliphatic rings. The molecule has 2 aromatic carbocycles. The SMILES string of the molecule is COc1ccc(C)cc1NC(=O)C(C)(C)C(=O)Nc1ccccc1F. The number of aryl methyl sites for hydroxylation is 1. The van der Waals surface area contributed by atoms with Crippen LogP contribution in [0.1, 0.15) is 19.4 Å². The molecule has 2 aromatic rings. The number of carbonyl (C=O) groups is 2. The van der Waals surface area contributed by atoms with Gasteiger partial charge >= 0.3 is 0 Å². The Hall–Kier alpha value is -2.89. The summed E-state index contributed by atoms with van der Waals surface area (Å²) in [7, 11) is 1.50. The van der Waals surface area contributed by atoms with E-state index >= 15 is 0 Å². The number of nitrogens with one attached hydrogen (secondary N) is 2. The van der Waals surface area contributed by atoms with Crippen molar-refractivity contribution in [3.8, 4) is 5.75 Å². The molecule has 0 aliphatic heterocycles. The van der Waals surface area contributed by atoms with Gasteiger partial charge in [-0.3, -0.25) is 9.59 Å². The van der Waals surface area contributed by atoms with Crippen molar-refractivity contribution in [2.75, 3.05) is 17.7 Å². The van der Waals surface area contributed by atoms with Crippen LogP contribution in [0.2, 0.25) is 0 Å². The highest BCUT2D eigenvalue weighted by Gasteiger charge is 2.37. The summed E-state index contributed by atoms with van der Waals surface area (Å²) in [6.07, 6.45) is 0. The Labute approximate surface area is 146 Å². The van der Waals surface area contributed by atoms with Crippen LogP contribution in [0.15, 0.2) is 42.5 Å². The fourth-order valence-electron chi connectivity index (χ4n) is 2.14. The molecule has 0 fully saturated rings. The van der Waals surface area contributed by atoms with Gasteiger partial charge in [-0.1, -0.05) is 18.2 Å². The second kappa shape index (κ2) is 7.34. The minimum Gasteiger partial charge on any atom is -0.495 e. The third-order valence-electron chi connectivity index (χ3n) is 3.86. The van der Waals surface area contributed by atoms with Crippen LogP contribution in [-0.4, -0.2) is 18.9 Å². The quantitative estimate of drug-likeness (QED) is 0.812. The van der Waals surface area contributed by atoms with Gasteiger partial charge in [0, 0.05) is 0 Å². The van der Waals surface area contributed by atoms with E-state index in [1.807, 2.05) is 13.0 Å². The van der Waals surface area contributed by atoms with E-state index in [-0.39, 0.29) is 5.69 Å². The maximum absolute atomic E-state index is 13.7. The summed E-state index contributed by atoms with van der Waals surface area (Å²) in [5.41, 5.74) is 0.0160. The van der Waals surface area contributed by atoms with Gasteiger partial charge in [0.05, 0.1) is 18.5 Å². The molecule has 0 radical (unpaired) electrons. The van der Waals surface area contributed by atoms with Gasteiger partial charge in [-0.25, -0.2) is 4.39 Å². The van der Waals surface area contributed by atoms with Gasteiger partial charge in [0.1, 0.15) is 17.0 Å². The Balaban J connectivity index is 2.18. The third-order valence-corrected chi connectivity index (χ3v) is 3.86. The smallest absolute Gasteiger partial charge is 0.239 e. The van der Waals surface area contributed by atoms with Crippen molar-refractivity contribution in [3.05, 3.63) is 53.8 Å². The molecule has 0 saturated carbocycles. The van der Waals surface area contributed by atoms with Crippen molar-refractivity contribution in [1.29, 1.82) is 0 Å². The average Bonchev–Trinajstić information content (AvgIpc) is 2.57. The molecule has 132 valence electrons. The molecule has 25 heavy (non-hydrogen) atoms. The third kappa shape index (κ3) is 4.15. The number of carbonyl (C=O) groups excluding carboxylic acids is 2. The van der Waals surface area contributed by atoms with E-state index in [0.717, 1.165) is 5.56 Å². The van der Waals surface area contributed by atoms with Gasteiger partial charge in [-0.05, 0) is 50.6 Å². The first kappa shape index (κ1) is 18.4. The van der Waals surface area contributed by atoms with Crippen molar-refractivity contribution in [2.45, 2.75) is 20.8 Å². The van der Waals surface area contributed by atoms with Gasteiger partial charge in [-0.2, -0.15) is 0 Å². The molecule has 2 rings (SSSR count). The number of halogens is 1.